The molecule has 0 aliphatic carbocycles. The first kappa shape index (κ1) is 42.3. The van der Waals surface area contributed by atoms with Crippen molar-refractivity contribution >= 4 is 43.5 Å². The second kappa shape index (κ2) is 19.3. The number of hydrogen-bond donors (Lipinski definition) is 6. The summed E-state index contributed by atoms with van der Waals surface area (Å²) >= 11 is 0. The van der Waals surface area contributed by atoms with Crippen LogP contribution in [0.15, 0.2) is 106 Å². The molecule has 2 heterocycles. The highest BCUT2D eigenvalue weighted by Crippen LogP contribution is 2.30. The van der Waals surface area contributed by atoms with E-state index < -0.39 is 31.8 Å². The molecule has 0 unspecified atom stereocenters. The Morgan fingerprint density at radius 2 is 1.05 bits per heavy atom. The fraction of sp³-hybridized carbons (Fsp3) is 0.158. The van der Waals surface area contributed by atoms with Gasteiger partial charge in [-0.2, -0.15) is 20.5 Å². The summed E-state index contributed by atoms with van der Waals surface area (Å²) < 4.78 is 64.9. The summed E-state index contributed by atoms with van der Waals surface area (Å²) in [4.78, 5) is 25.2. The smallest absolute Gasteiger partial charge is 0.230 e. The van der Waals surface area contributed by atoms with Crippen molar-refractivity contribution in [1.82, 2.24) is 29.9 Å². The number of nitriles is 2. The van der Waals surface area contributed by atoms with Crippen molar-refractivity contribution in [3.63, 3.8) is 0 Å². The van der Waals surface area contributed by atoms with E-state index in [2.05, 4.69) is 49.3 Å². The summed E-state index contributed by atoms with van der Waals surface area (Å²) in [7, 11) is -2.47. The number of ether oxygens (including phenoxy) is 2. The molecule has 0 aliphatic heterocycles. The third kappa shape index (κ3) is 12.1. The lowest BCUT2D eigenvalue weighted by molar-refractivity contribution is 0.412. The van der Waals surface area contributed by atoms with Crippen molar-refractivity contribution < 1.29 is 27.4 Å². The lowest BCUT2D eigenvalue weighted by Crippen LogP contribution is -2.10. The fourth-order valence-electron chi connectivity index (χ4n) is 5.38. The van der Waals surface area contributed by atoms with Gasteiger partial charge in [0.15, 0.2) is 11.6 Å². The van der Waals surface area contributed by atoms with Crippen LogP contribution in [0.2, 0.25) is 0 Å². The minimum absolute atomic E-state index is 0.283. The van der Waals surface area contributed by atoms with Gasteiger partial charge < -0.3 is 29.2 Å². The van der Waals surface area contributed by atoms with Crippen LogP contribution in [0.25, 0.3) is 22.8 Å². The zero-order chi connectivity index (χ0) is 41.7. The Labute approximate surface area is 334 Å². The molecule has 0 saturated carbocycles. The van der Waals surface area contributed by atoms with Gasteiger partial charge in [-0.1, -0.05) is 44.5 Å². The van der Waals surface area contributed by atoms with E-state index in [1.807, 2.05) is 48.5 Å². The molecule has 16 nitrogen and oxygen atoms in total. The standard InChI is InChI=1S/2C19H19FN6O2S/c2*1-28-17-9-14(20)6-7-16(17)18-22-12-23-19(26-18)25-15-5-3-4-13(8-15)10-29(2,27)24-11-21/h2*3-9,12,29H,10H2,1-2H3,(H,24,27)(H,22,23,25,26). The molecule has 0 bridgehead atoms. The van der Waals surface area contributed by atoms with Crippen LogP contribution in [0.3, 0.4) is 0 Å². The van der Waals surface area contributed by atoms with Gasteiger partial charge in [0.1, 0.15) is 35.8 Å². The van der Waals surface area contributed by atoms with Gasteiger partial charge in [0.05, 0.1) is 25.3 Å². The van der Waals surface area contributed by atoms with E-state index in [0.717, 1.165) is 11.1 Å². The first-order chi connectivity index (χ1) is 27.8. The van der Waals surface area contributed by atoms with E-state index in [4.69, 9.17) is 20.0 Å². The van der Waals surface area contributed by atoms with Crippen molar-refractivity contribution in [3.8, 4) is 46.7 Å². The molecule has 20 heteroatoms. The Morgan fingerprint density at radius 3 is 1.43 bits per heavy atom. The average molecular weight is 829 g/mol. The Kier molecular flexibility index (Phi) is 14.1. The summed E-state index contributed by atoms with van der Waals surface area (Å²) in [6.07, 6.45) is 9.17. The zero-order valence-electron chi connectivity index (χ0n) is 31.5. The number of aromatic nitrogens is 6. The van der Waals surface area contributed by atoms with Crippen molar-refractivity contribution in [2.75, 3.05) is 37.4 Å². The zero-order valence-corrected chi connectivity index (χ0v) is 33.3. The number of anilines is 4. The fourth-order valence-corrected chi connectivity index (χ4v) is 7.68. The molecule has 4 N–H and O–H groups in total. The maximum Gasteiger partial charge on any atom is 0.230 e. The van der Waals surface area contributed by atoms with Gasteiger partial charge in [0.25, 0.3) is 0 Å². The van der Waals surface area contributed by atoms with Gasteiger partial charge in [-0.15, -0.1) is 8.73 Å². The first-order valence-electron chi connectivity index (χ1n) is 17.0. The molecule has 0 aliphatic rings. The number of halogens is 2. The van der Waals surface area contributed by atoms with Crippen LogP contribution in [-0.2, 0) is 31.7 Å². The van der Waals surface area contributed by atoms with Crippen molar-refractivity contribution in [1.29, 1.82) is 10.5 Å². The highest BCUT2D eigenvalue weighted by atomic mass is 32.3. The van der Waals surface area contributed by atoms with Crippen molar-refractivity contribution in [2.45, 2.75) is 11.5 Å². The number of methoxy groups -OCH3 is 2. The minimum atomic E-state index is -2.68. The van der Waals surface area contributed by atoms with E-state index in [-0.39, 0.29) is 11.5 Å². The van der Waals surface area contributed by atoms with E-state index in [0.29, 0.717) is 57.5 Å². The number of thiol groups is 2. The Balaban J connectivity index is 0.000000221. The van der Waals surface area contributed by atoms with Gasteiger partial charge in [-0.25, -0.2) is 28.7 Å². The summed E-state index contributed by atoms with van der Waals surface area (Å²) in [5.74, 6) is 1.61. The van der Waals surface area contributed by atoms with Crippen molar-refractivity contribution in [3.05, 3.63) is 120 Å². The van der Waals surface area contributed by atoms with E-state index in [1.165, 1.54) is 51.1 Å². The van der Waals surface area contributed by atoms with E-state index in [1.54, 1.807) is 37.0 Å². The van der Waals surface area contributed by atoms with Gasteiger partial charge in [0.2, 0.25) is 24.3 Å². The maximum absolute atomic E-state index is 13.4. The molecule has 4 aromatic carbocycles. The topological polar surface area (TPSA) is 233 Å². The molecule has 6 rings (SSSR count). The lowest BCUT2D eigenvalue weighted by Gasteiger charge is -2.16. The maximum atomic E-state index is 13.4. The normalized spacial score (nSPS) is 11.4. The SMILES string of the molecule is COc1cc(F)ccc1-c1ncnc(Nc2cccc(C[SH](C)(O)=NC#N)c2)n1.COc1cc(F)ccc1-c1ncnc(Nc2cccc(C[SH](C)(O)=NC#N)c2)n1. The van der Waals surface area contributed by atoms with Crippen LogP contribution in [0.4, 0.5) is 32.1 Å². The van der Waals surface area contributed by atoms with E-state index in [9.17, 15) is 17.9 Å². The van der Waals surface area contributed by atoms with Crippen molar-refractivity contribution in [2.24, 2.45) is 8.73 Å². The predicted molar refractivity (Wildman–Crippen MR) is 221 cm³/mol. The molecule has 6 aromatic rings. The third-order valence-corrected chi connectivity index (χ3v) is 10.8. The molecule has 0 fully saturated rings. The molecule has 0 radical (unpaired) electrons. The second-order valence-corrected chi connectivity index (χ2v) is 17.9. The van der Waals surface area contributed by atoms with Crippen LogP contribution in [0, 0.1) is 34.5 Å². The van der Waals surface area contributed by atoms with Gasteiger partial charge in [-0.05, 0) is 72.2 Å². The Bertz CT molecular complexity index is 2430. The van der Waals surface area contributed by atoms with Crippen LogP contribution in [-0.4, -0.2) is 65.7 Å². The summed E-state index contributed by atoms with van der Waals surface area (Å²) in [5, 5.41) is 23.5. The Morgan fingerprint density at radius 1 is 0.638 bits per heavy atom. The Hall–Kier alpha value is -6.84. The molecule has 58 heavy (non-hydrogen) atoms. The largest absolute Gasteiger partial charge is 0.496 e. The van der Waals surface area contributed by atoms with Crippen LogP contribution >= 0.6 is 0 Å². The van der Waals surface area contributed by atoms with Gasteiger partial charge in [-0.3, -0.25) is 0 Å². The monoisotopic (exact) mass is 828 g/mol. The second-order valence-electron chi connectivity index (χ2n) is 12.5. The number of nitrogens with one attached hydrogen (secondary N) is 2. The van der Waals surface area contributed by atoms with Crippen LogP contribution < -0.4 is 20.1 Å². The minimum Gasteiger partial charge on any atom is -0.496 e. The lowest BCUT2D eigenvalue weighted by atomic mass is 10.2. The highest BCUT2D eigenvalue weighted by Gasteiger charge is 2.14. The number of nitrogens with zero attached hydrogens (tertiary/aromatic N) is 10. The number of hydrogen-bond acceptors (Lipinski definition) is 14. The number of benzene rings is 4. The third-order valence-electron chi connectivity index (χ3n) is 7.80. The average Bonchev–Trinajstić information content (AvgIpc) is 3.18. The molecule has 0 spiro atoms. The molecule has 0 atom stereocenters. The predicted octanol–water partition coefficient (Wildman–Crippen LogP) is 7.17. The van der Waals surface area contributed by atoms with Gasteiger partial charge >= 0.3 is 0 Å². The molecule has 0 saturated heterocycles. The summed E-state index contributed by atoms with van der Waals surface area (Å²) in [6.45, 7) is 0. The van der Waals surface area contributed by atoms with Gasteiger partial charge in [0, 0.05) is 35.0 Å². The molecular weight excluding hydrogens is 791 g/mol. The quantitative estimate of drug-likeness (QED) is 0.0531. The summed E-state index contributed by atoms with van der Waals surface area (Å²) in [5.41, 5.74) is 4.10. The molecule has 0 amide bonds. The van der Waals surface area contributed by atoms with E-state index >= 15 is 0 Å². The van der Waals surface area contributed by atoms with Crippen LogP contribution in [0.5, 0.6) is 11.5 Å². The van der Waals surface area contributed by atoms with Crippen LogP contribution in [0.1, 0.15) is 11.1 Å². The molecule has 2 aromatic heterocycles. The first-order valence-corrected chi connectivity index (χ1v) is 21.6. The highest BCUT2D eigenvalue weighted by molar-refractivity contribution is 7.98. The molecule has 300 valence electrons. The molecular formula is C38H38F2N12O4S2. The summed E-state index contributed by atoms with van der Waals surface area (Å²) in [6, 6.07) is 22.8. The number of rotatable bonds is 12.